The van der Waals surface area contributed by atoms with E-state index in [1.165, 1.54) is 17.0 Å². The maximum absolute atomic E-state index is 12.6. The predicted molar refractivity (Wildman–Crippen MR) is 101 cm³/mol. The summed E-state index contributed by atoms with van der Waals surface area (Å²) in [7, 11) is 0. The summed E-state index contributed by atoms with van der Waals surface area (Å²) in [5.74, 6) is 0. The van der Waals surface area contributed by atoms with Gasteiger partial charge in [-0.15, -0.1) is 0 Å². The number of likely N-dealkylation sites (tertiary alicyclic amines) is 1. The number of urea groups is 1. The molecule has 2 heterocycles. The van der Waals surface area contributed by atoms with E-state index in [-0.39, 0.29) is 17.8 Å². The molecule has 30 heavy (non-hydrogen) atoms. The fraction of sp³-hybridized carbons (Fsp3) is 0.300. The largest absolute Gasteiger partial charge is 0.465 e. The standard InChI is InChI=1S/C20H18F3N3O4/c21-20(22,23)12-4-6-13(7-5-12)24-18(27)25-14-3-1-2-11(8-14)17-16-9-15(30-17)10-26(16)19(28)29/h1-8,15-17H,9-10H2,(H,28,29)(H2,24,25,27)/t15-,16-,17+/m1/s1. The lowest BCUT2D eigenvalue weighted by Gasteiger charge is -2.31. The highest BCUT2D eigenvalue weighted by Crippen LogP contribution is 2.42. The van der Waals surface area contributed by atoms with Gasteiger partial charge in [0.1, 0.15) is 6.10 Å². The summed E-state index contributed by atoms with van der Waals surface area (Å²) in [5.41, 5.74) is 0.596. The molecule has 3 amide bonds. The quantitative estimate of drug-likeness (QED) is 0.679. The number of anilines is 2. The van der Waals surface area contributed by atoms with Gasteiger partial charge in [0.25, 0.3) is 0 Å². The first-order valence-electron chi connectivity index (χ1n) is 9.21. The number of nitrogens with zero attached hydrogens (tertiary/aromatic N) is 1. The molecule has 2 saturated heterocycles. The first-order chi connectivity index (χ1) is 14.2. The van der Waals surface area contributed by atoms with Gasteiger partial charge in [-0.1, -0.05) is 12.1 Å². The molecular weight excluding hydrogens is 403 g/mol. The Kier molecular flexibility index (Phi) is 5.02. The van der Waals surface area contributed by atoms with Crippen LogP contribution in [0, 0.1) is 0 Å². The van der Waals surface area contributed by atoms with E-state index in [9.17, 15) is 27.9 Å². The minimum Gasteiger partial charge on any atom is -0.465 e. The molecule has 0 radical (unpaired) electrons. The number of hydrogen-bond donors (Lipinski definition) is 3. The molecule has 2 fully saturated rings. The Hall–Kier alpha value is -3.27. The van der Waals surface area contributed by atoms with Crippen molar-refractivity contribution in [2.24, 2.45) is 0 Å². The number of hydrogen-bond acceptors (Lipinski definition) is 3. The van der Waals surface area contributed by atoms with Gasteiger partial charge in [-0.3, -0.25) is 4.90 Å². The van der Waals surface area contributed by atoms with E-state index in [0.717, 1.165) is 17.7 Å². The number of carboxylic acid groups (broad SMARTS) is 1. The lowest BCUT2D eigenvalue weighted by atomic mass is 10.0. The van der Waals surface area contributed by atoms with E-state index in [0.29, 0.717) is 18.7 Å². The van der Waals surface area contributed by atoms with Crippen LogP contribution in [0.2, 0.25) is 0 Å². The van der Waals surface area contributed by atoms with E-state index in [4.69, 9.17) is 4.74 Å². The first-order valence-corrected chi connectivity index (χ1v) is 9.21. The maximum Gasteiger partial charge on any atom is 0.416 e. The Labute approximate surface area is 169 Å². The van der Waals surface area contributed by atoms with Gasteiger partial charge in [0.15, 0.2) is 0 Å². The zero-order valence-corrected chi connectivity index (χ0v) is 15.5. The Balaban J connectivity index is 1.41. The third kappa shape index (κ3) is 4.04. The highest BCUT2D eigenvalue weighted by molar-refractivity contribution is 5.99. The van der Waals surface area contributed by atoms with Crippen LogP contribution in [0.3, 0.4) is 0 Å². The Morgan fingerprint density at radius 1 is 1.07 bits per heavy atom. The summed E-state index contributed by atoms with van der Waals surface area (Å²) in [6, 6.07) is 10.1. The van der Waals surface area contributed by atoms with Crippen molar-refractivity contribution < 1.29 is 32.6 Å². The number of fused-ring (bicyclic) bond motifs is 2. The number of benzene rings is 2. The highest BCUT2D eigenvalue weighted by atomic mass is 19.4. The summed E-state index contributed by atoms with van der Waals surface area (Å²) in [6.45, 7) is 0.351. The van der Waals surface area contributed by atoms with Gasteiger partial charge in [-0.25, -0.2) is 9.59 Å². The summed E-state index contributed by atoms with van der Waals surface area (Å²) >= 11 is 0. The molecule has 0 aliphatic carbocycles. The molecule has 2 aromatic carbocycles. The van der Waals surface area contributed by atoms with Crippen molar-refractivity contribution in [2.45, 2.75) is 30.8 Å². The summed E-state index contributed by atoms with van der Waals surface area (Å²) in [6.07, 6.45) is -5.36. The second kappa shape index (κ2) is 7.52. The van der Waals surface area contributed by atoms with Crippen molar-refractivity contribution in [3.63, 3.8) is 0 Å². The van der Waals surface area contributed by atoms with E-state index in [2.05, 4.69) is 10.6 Å². The number of ether oxygens (including phenoxy) is 1. The number of carbonyl (C=O) groups excluding carboxylic acids is 1. The van der Waals surface area contributed by atoms with Gasteiger partial charge in [0, 0.05) is 11.4 Å². The van der Waals surface area contributed by atoms with Crippen molar-refractivity contribution in [3.8, 4) is 0 Å². The molecule has 4 rings (SSSR count). The maximum atomic E-state index is 12.6. The lowest BCUT2D eigenvalue weighted by molar-refractivity contribution is -0.137. The third-order valence-corrected chi connectivity index (χ3v) is 5.18. The number of morpholine rings is 1. The van der Waals surface area contributed by atoms with Crippen molar-refractivity contribution in [3.05, 3.63) is 59.7 Å². The molecule has 7 nitrogen and oxygen atoms in total. The molecule has 0 aromatic heterocycles. The summed E-state index contributed by atoms with van der Waals surface area (Å²) in [4.78, 5) is 24.9. The van der Waals surface area contributed by atoms with Crippen molar-refractivity contribution in [1.29, 1.82) is 0 Å². The third-order valence-electron chi connectivity index (χ3n) is 5.18. The molecule has 3 atom stereocenters. The van der Waals surface area contributed by atoms with Crippen LogP contribution >= 0.6 is 0 Å². The molecule has 2 aliphatic heterocycles. The molecule has 2 bridgehead atoms. The van der Waals surface area contributed by atoms with Crippen molar-refractivity contribution in [2.75, 3.05) is 17.2 Å². The van der Waals surface area contributed by atoms with Crippen LogP contribution in [-0.2, 0) is 10.9 Å². The topological polar surface area (TPSA) is 90.9 Å². The molecule has 0 unspecified atom stereocenters. The van der Waals surface area contributed by atoms with E-state index in [1.54, 1.807) is 24.3 Å². The van der Waals surface area contributed by atoms with Crippen LogP contribution in [0.1, 0.15) is 23.7 Å². The Morgan fingerprint density at radius 2 is 1.77 bits per heavy atom. The van der Waals surface area contributed by atoms with E-state index >= 15 is 0 Å². The number of alkyl halides is 3. The van der Waals surface area contributed by atoms with Crippen LogP contribution in [0.25, 0.3) is 0 Å². The highest BCUT2D eigenvalue weighted by Gasteiger charge is 2.48. The van der Waals surface area contributed by atoms with Crippen LogP contribution in [-0.4, -0.2) is 40.8 Å². The number of amides is 3. The molecule has 10 heteroatoms. The monoisotopic (exact) mass is 421 g/mol. The fourth-order valence-electron chi connectivity index (χ4n) is 3.86. The van der Waals surface area contributed by atoms with Gasteiger partial charge in [-0.2, -0.15) is 13.2 Å². The average Bonchev–Trinajstić information content (AvgIpc) is 3.29. The van der Waals surface area contributed by atoms with Gasteiger partial charge in [-0.05, 0) is 48.4 Å². The smallest absolute Gasteiger partial charge is 0.416 e. The number of rotatable bonds is 3. The normalized spacial score (nSPS) is 22.8. The SMILES string of the molecule is O=C(Nc1ccc(C(F)(F)F)cc1)Nc1cccc([C@@H]2O[C@@H]3C[C@H]2N(C(=O)O)C3)c1. The minimum atomic E-state index is -4.45. The first kappa shape index (κ1) is 20.0. The predicted octanol–water partition coefficient (Wildman–Crippen LogP) is 4.54. The van der Waals surface area contributed by atoms with E-state index < -0.39 is 30.0 Å². The number of nitrogens with one attached hydrogen (secondary N) is 2. The Bertz CT molecular complexity index is 965. The molecule has 0 saturated carbocycles. The lowest BCUT2D eigenvalue weighted by Crippen LogP contribution is -2.42. The zero-order valence-electron chi connectivity index (χ0n) is 15.5. The zero-order chi connectivity index (χ0) is 21.5. The molecule has 2 aliphatic rings. The second-order valence-electron chi connectivity index (χ2n) is 7.20. The molecule has 2 aromatic rings. The van der Waals surface area contributed by atoms with Gasteiger partial charge in [0.05, 0.1) is 24.3 Å². The van der Waals surface area contributed by atoms with E-state index in [1.807, 2.05) is 0 Å². The van der Waals surface area contributed by atoms with Crippen molar-refractivity contribution in [1.82, 2.24) is 4.90 Å². The molecule has 3 N–H and O–H groups in total. The average molecular weight is 421 g/mol. The van der Waals surface area contributed by atoms with Crippen LogP contribution in [0.4, 0.5) is 34.1 Å². The Morgan fingerprint density at radius 3 is 2.40 bits per heavy atom. The minimum absolute atomic E-state index is 0.143. The molecule has 0 spiro atoms. The van der Waals surface area contributed by atoms with Gasteiger partial charge >= 0.3 is 18.3 Å². The second-order valence-corrected chi connectivity index (χ2v) is 7.20. The molecular formula is C20H18F3N3O4. The summed E-state index contributed by atoms with van der Waals surface area (Å²) in [5, 5.41) is 14.4. The van der Waals surface area contributed by atoms with Crippen molar-refractivity contribution >= 4 is 23.5 Å². The van der Waals surface area contributed by atoms with Gasteiger partial charge < -0.3 is 20.5 Å². The van der Waals surface area contributed by atoms with Gasteiger partial charge in [0.2, 0.25) is 0 Å². The summed E-state index contributed by atoms with van der Waals surface area (Å²) < 4.78 is 43.7. The molecule has 158 valence electrons. The number of carbonyl (C=O) groups is 2. The van der Waals surface area contributed by atoms with Crippen LogP contribution < -0.4 is 10.6 Å². The fourth-order valence-corrected chi connectivity index (χ4v) is 3.86. The number of halogens is 3. The van der Waals surface area contributed by atoms with Crippen LogP contribution in [0.15, 0.2) is 48.5 Å². The van der Waals surface area contributed by atoms with Crippen LogP contribution in [0.5, 0.6) is 0 Å².